The van der Waals surface area contributed by atoms with Crippen molar-refractivity contribution in [3.63, 3.8) is 0 Å². The molecule has 1 aliphatic carbocycles. The molecule has 0 saturated heterocycles. The third-order valence-corrected chi connectivity index (χ3v) is 4.59. The Balaban J connectivity index is 1.99. The Bertz CT molecular complexity index is 465. The summed E-state index contributed by atoms with van der Waals surface area (Å²) in [5.41, 5.74) is 1.28. The highest BCUT2D eigenvalue weighted by Crippen LogP contribution is 2.37. The predicted molar refractivity (Wildman–Crippen MR) is 81.0 cm³/mol. The molecule has 0 N–H and O–H groups in total. The van der Waals surface area contributed by atoms with Gasteiger partial charge in [-0.15, -0.1) is 0 Å². The first-order valence-corrected chi connectivity index (χ1v) is 7.94. The molecule has 1 fully saturated rings. The average Bonchev–Trinajstić information content (AvgIpc) is 2.47. The van der Waals surface area contributed by atoms with Crippen LogP contribution in [0.3, 0.4) is 0 Å². The molecule has 1 saturated carbocycles. The van der Waals surface area contributed by atoms with Gasteiger partial charge in [0, 0.05) is 12.5 Å². The van der Waals surface area contributed by atoms with Crippen LogP contribution in [-0.4, -0.2) is 11.7 Å². The molecule has 1 aliphatic rings. The van der Waals surface area contributed by atoms with Gasteiger partial charge in [0.2, 0.25) is 5.78 Å². The second-order valence-electron chi connectivity index (χ2n) is 6.35. The summed E-state index contributed by atoms with van der Waals surface area (Å²) in [6.45, 7) is 2.88. The van der Waals surface area contributed by atoms with Gasteiger partial charge < -0.3 is 0 Å². The van der Waals surface area contributed by atoms with Gasteiger partial charge in [0.1, 0.15) is 0 Å². The van der Waals surface area contributed by atoms with Crippen LogP contribution in [0.25, 0.3) is 0 Å². The second-order valence-corrected chi connectivity index (χ2v) is 6.35. The van der Waals surface area contributed by atoms with E-state index in [-0.39, 0.29) is 5.56 Å². The highest BCUT2D eigenvalue weighted by atomic mass is 19.3. The average molecular weight is 294 g/mol. The number of hydrogen-bond acceptors (Lipinski definition) is 1. The standard InChI is InChI=1S/C18H24F2O/c1-3-4-13-5-7-14(8-6-13)15-9-11-16(12-10-15)17(21)18(2,19)20/h9-14H,3-8H2,1-2H3. The van der Waals surface area contributed by atoms with Gasteiger partial charge in [-0.25, -0.2) is 0 Å². The van der Waals surface area contributed by atoms with Crippen molar-refractivity contribution < 1.29 is 13.6 Å². The fourth-order valence-corrected chi connectivity index (χ4v) is 3.35. The molecular weight excluding hydrogens is 270 g/mol. The molecule has 2 rings (SSSR count). The monoisotopic (exact) mass is 294 g/mol. The largest absolute Gasteiger partial charge is 0.307 e. The summed E-state index contributed by atoms with van der Waals surface area (Å²) in [4.78, 5) is 11.5. The van der Waals surface area contributed by atoms with Crippen LogP contribution in [0.4, 0.5) is 8.78 Å². The number of Topliss-reactive ketones (excluding diaryl/α,β-unsaturated/α-hetero) is 1. The number of carbonyl (C=O) groups is 1. The first-order valence-electron chi connectivity index (χ1n) is 7.94. The van der Waals surface area contributed by atoms with Gasteiger partial charge in [-0.05, 0) is 43.1 Å². The normalized spacial score (nSPS) is 23.0. The van der Waals surface area contributed by atoms with Crippen molar-refractivity contribution >= 4 is 5.78 Å². The van der Waals surface area contributed by atoms with E-state index in [4.69, 9.17) is 0 Å². The SMILES string of the molecule is CCCC1CCC(c2ccc(C(=O)C(C)(F)F)cc2)CC1. The highest BCUT2D eigenvalue weighted by Gasteiger charge is 2.33. The van der Waals surface area contributed by atoms with Gasteiger partial charge in [0.15, 0.2) is 0 Å². The van der Waals surface area contributed by atoms with Crippen molar-refractivity contribution in [1.29, 1.82) is 0 Å². The zero-order valence-corrected chi connectivity index (χ0v) is 12.9. The minimum Gasteiger partial charge on any atom is -0.287 e. The lowest BCUT2D eigenvalue weighted by Gasteiger charge is -2.28. The van der Waals surface area contributed by atoms with Gasteiger partial charge in [-0.2, -0.15) is 8.78 Å². The number of alkyl halides is 2. The van der Waals surface area contributed by atoms with Crippen LogP contribution in [0.15, 0.2) is 24.3 Å². The van der Waals surface area contributed by atoms with Crippen molar-refractivity contribution in [3.8, 4) is 0 Å². The molecule has 1 aromatic carbocycles. The Hall–Kier alpha value is -1.25. The Labute approximate surface area is 125 Å². The molecule has 0 heterocycles. The maximum Gasteiger partial charge on any atom is 0.307 e. The lowest BCUT2D eigenvalue weighted by molar-refractivity contribution is 0.0221. The Kier molecular flexibility index (Phi) is 5.13. The number of ketones is 1. The van der Waals surface area contributed by atoms with Crippen LogP contribution < -0.4 is 0 Å². The Morgan fingerprint density at radius 2 is 1.71 bits per heavy atom. The third-order valence-electron chi connectivity index (χ3n) is 4.59. The molecule has 21 heavy (non-hydrogen) atoms. The quantitative estimate of drug-likeness (QED) is 0.646. The summed E-state index contributed by atoms with van der Waals surface area (Å²) in [6, 6.07) is 6.80. The van der Waals surface area contributed by atoms with E-state index in [2.05, 4.69) is 6.92 Å². The van der Waals surface area contributed by atoms with E-state index >= 15 is 0 Å². The molecule has 0 amide bonds. The fraction of sp³-hybridized carbons (Fsp3) is 0.611. The highest BCUT2D eigenvalue weighted by molar-refractivity contribution is 6.01. The zero-order valence-electron chi connectivity index (χ0n) is 12.9. The van der Waals surface area contributed by atoms with E-state index in [1.165, 1.54) is 44.1 Å². The van der Waals surface area contributed by atoms with Crippen LogP contribution in [0.1, 0.15) is 74.2 Å². The minimum atomic E-state index is -3.29. The number of hydrogen-bond donors (Lipinski definition) is 0. The van der Waals surface area contributed by atoms with Gasteiger partial charge in [0.25, 0.3) is 0 Å². The molecule has 116 valence electrons. The molecule has 0 spiro atoms. The van der Waals surface area contributed by atoms with Crippen LogP contribution in [0.2, 0.25) is 0 Å². The van der Waals surface area contributed by atoms with Gasteiger partial charge in [0.05, 0.1) is 0 Å². The second kappa shape index (κ2) is 6.67. The summed E-state index contributed by atoms with van der Waals surface area (Å²) >= 11 is 0. The van der Waals surface area contributed by atoms with E-state index in [1.807, 2.05) is 12.1 Å². The maximum atomic E-state index is 13.0. The molecule has 0 aliphatic heterocycles. The molecule has 1 nitrogen and oxygen atoms in total. The fourth-order valence-electron chi connectivity index (χ4n) is 3.35. The minimum absolute atomic E-state index is 0.103. The third kappa shape index (κ3) is 4.12. The van der Waals surface area contributed by atoms with Crippen molar-refractivity contribution in [2.24, 2.45) is 5.92 Å². The molecule has 0 atom stereocenters. The number of carbonyl (C=O) groups excluding carboxylic acids is 1. The Morgan fingerprint density at radius 3 is 2.19 bits per heavy atom. The van der Waals surface area contributed by atoms with Gasteiger partial charge >= 0.3 is 5.92 Å². The molecule has 1 aromatic rings. The molecule has 0 bridgehead atoms. The molecular formula is C18H24F2O. The van der Waals surface area contributed by atoms with Crippen molar-refractivity contribution in [1.82, 2.24) is 0 Å². The maximum absolute atomic E-state index is 13.0. The van der Waals surface area contributed by atoms with Crippen LogP contribution in [0.5, 0.6) is 0 Å². The summed E-state index contributed by atoms with van der Waals surface area (Å²) in [5, 5.41) is 0. The smallest absolute Gasteiger partial charge is 0.287 e. The van der Waals surface area contributed by atoms with Gasteiger partial charge in [-0.3, -0.25) is 4.79 Å². The summed E-state index contributed by atoms with van der Waals surface area (Å²) in [6.07, 6.45) is 7.41. The van der Waals surface area contributed by atoms with Crippen molar-refractivity contribution in [2.45, 2.75) is 64.2 Å². The van der Waals surface area contributed by atoms with E-state index < -0.39 is 11.7 Å². The molecule has 0 aromatic heterocycles. The number of halogens is 2. The van der Waals surface area contributed by atoms with E-state index in [0.29, 0.717) is 12.8 Å². The van der Waals surface area contributed by atoms with Crippen LogP contribution >= 0.6 is 0 Å². The Morgan fingerprint density at radius 1 is 1.14 bits per heavy atom. The summed E-state index contributed by atoms with van der Waals surface area (Å²) < 4.78 is 26.0. The molecule has 0 radical (unpaired) electrons. The van der Waals surface area contributed by atoms with E-state index in [0.717, 1.165) is 5.92 Å². The molecule has 3 heteroatoms. The van der Waals surface area contributed by atoms with Crippen LogP contribution in [-0.2, 0) is 0 Å². The molecule has 0 unspecified atom stereocenters. The van der Waals surface area contributed by atoms with Crippen molar-refractivity contribution in [2.75, 3.05) is 0 Å². The summed E-state index contributed by atoms with van der Waals surface area (Å²) in [5.74, 6) is -3.02. The van der Waals surface area contributed by atoms with Crippen molar-refractivity contribution in [3.05, 3.63) is 35.4 Å². The predicted octanol–water partition coefficient (Wildman–Crippen LogP) is 5.60. The van der Waals surface area contributed by atoms with Crippen LogP contribution in [0, 0.1) is 5.92 Å². The summed E-state index contributed by atoms with van der Waals surface area (Å²) in [7, 11) is 0. The first-order chi connectivity index (χ1) is 9.91. The zero-order chi connectivity index (χ0) is 15.5. The first kappa shape index (κ1) is 16.1. The van der Waals surface area contributed by atoms with E-state index in [1.54, 1.807) is 12.1 Å². The topological polar surface area (TPSA) is 17.1 Å². The lowest BCUT2D eigenvalue weighted by atomic mass is 9.77. The number of rotatable bonds is 5. The van der Waals surface area contributed by atoms with E-state index in [9.17, 15) is 13.6 Å². The van der Waals surface area contributed by atoms with Gasteiger partial charge in [-0.1, -0.05) is 44.0 Å². The lowest BCUT2D eigenvalue weighted by Crippen LogP contribution is -2.24. The number of benzene rings is 1.